The van der Waals surface area contributed by atoms with E-state index in [9.17, 15) is 16.8 Å². The molecule has 0 aromatic heterocycles. The molecule has 1 rings (SSSR count). The third-order valence-electron chi connectivity index (χ3n) is 3.37. The van der Waals surface area contributed by atoms with Gasteiger partial charge in [-0.2, -0.15) is 3.71 Å². The number of hydrogen-bond acceptors (Lipinski definition) is 6. The molecule has 0 unspecified atom stereocenters. The average Bonchev–Trinajstić information content (AvgIpc) is 2.51. The summed E-state index contributed by atoms with van der Waals surface area (Å²) < 4.78 is 52.8. The van der Waals surface area contributed by atoms with Crippen LogP contribution in [0.25, 0.3) is 0 Å². The lowest BCUT2D eigenvalue weighted by Crippen LogP contribution is -2.37. The van der Waals surface area contributed by atoms with Crippen molar-refractivity contribution in [2.45, 2.75) is 13.8 Å². The molecule has 0 aliphatic rings. The molecular weight excluding hydrogens is 380 g/mol. The summed E-state index contributed by atoms with van der Waals surface area (Å²) in [6.45, 7) is 6.16. The lowest BCUT2D eigenvalue weighted by molar-refractivity contribution is 0.327. The van der Waals surface area contributed by atoms with Gasteiger partial charge in [0.25, 0.3) is 0 Å². The fraction of sp³-hybridized carbons (Fsp3) is 0.533. The molecule has 0 atom stereocenters. The summed E-state index contributed by atoms with van der Waals surface area (Å²) in [5.74, 6) is 0.915. The van der Waals surface area contributed by atoms with Gasteiger partial charge in [-0.25, -0.2) is 21.8 Å². The summed E-state index contributed by atoms with van der Waals surface area (Å²) in [5.41, 5.74) is 5.87. The molecule has 0 heterocycles. The maximum Gasteiger partial charge on any atom is 0.245 e. The zero-order valence-electron chi connectivity index (χ0n) is 15.4. The molecule has 0 amide bonds. The third-order valence-corrected chi connectivity index (χ3v) is 6.62. The smallest absolute Gasteiger partial charge is 0.245 e. The van der Waals surface area contributed by atoms with E-state index in [0.29, 0.717) is 22.0 Å². The van der Waals surface area contributed by atoms with Gasteiger partial charge < -0.3 is 15.4 Å². The number of nitrogens with two attached hydrogens (primary N) is 1. The molecule has 0 saturated carbocycles. The first-order valence-corrected chi connectivity index (χ1v) is 11.7. The second-order valence-electron chi connectivity index (χ2n) is 5.48. The minimum absolute atomic E-state index is 0.0196. The highest BCUT2D eigenvalue weighted by molar-refractivity contribution is 8.09. The zero-order chi connectivity index (χ0) is 20.0. The topological polar surface area (TPSA) is 122 Å². The van der Waals surface area contributed by atoms with E-state index in [2.05, 4.69) is 4.99 Å². The third kappa shape index (κ3) is 6.37. The minimum Gasteiger partial charge on any atom is -0.492 e. The van der Waals surface area contributed by atoms with Crippen molar-refractivity contribution in [3.8, 4) is 5.75 Å². The van der Waals surface area contributed by atoms with Gasteiger partial charge in [-0.05, 0) is 38.1 Å². The lowest BCUT2D eigenvalue weighted by atomic mass is 10.3. The van der Waals surface area contributed by atoms with Crippen molar-refractivity contribution in [2.75, 3.05) is 42.5 Å². The summed E-state index contributed by atoms with van der Waals surface area (Å²) in [6, 6.07) is 5.72. The molecule has 1 aromatic carbocycles. The molecule has 0 bridgehead atoms. The SMILES string of the molecule is CCN(CC)C(N)=NCCOc1ccc(N(S(C)(=O)=O)S(C)(=O)=O)cc1. The number of nitrogens with zero attached hydrogens (tertiary/aromatic N) is 3. The molecular formula is C15H26N4O5S2. The molecule has 2 N–H and O–H groups in total. The van der Waals surface area contributed by atoms with E-state index in [-0.39, 0.29) is 12.3 Å². The van der Waals surface area contributed by atoms with Crippen molar-refractivity contribution in [3.63, 3.8) is 0 Å². The van der Waals surface area contributed by atoms with Crippen molar-refractivity contribution in [1.29, 1.82) is 0 Å². The van der Waals surface area contributed by atoms with E-state index < -0.39 is 20.0 Å². The van der Waals surface area contributed by atoms with Gasteiger partial charge in [-0.3, -0.25) is 0 Å². The van der Waals surface area contributed by atoms with Gasteiger partial charge in [0, 0.05) is 13.1 Å². The van der Waals surface area contributed by atoms with Crippen LogP contribution in [0.3, 0.4) is 0 Å². The monoisotopic (exact) mass is 406 g/mol. The number of ether oxygens (including phenoxy) is 1. The fourth-order valence-corrected chi connectivity index (χ4v) is 5.24. The molecule has 1 aromatic rings. The predicted molar refractivity (Wildman–Crippen MR) is 104 cm³/mol. The maximum absolute atomic E-state index is 11.7. The van der Waals surface area contributed by atoms with E-state index in [1.165, 1.54) is 24.3 Å². The molecule has 0 aliphatic carbocycles. The van der Waals surface area contributed by atoms with Crippen molar-refractivity contribution in [3.05, 3.63) is 24.3 Å². The molecule has 148 valence electrons. The van der Waals surface area contributed by atoms with Gasteiger partial charge in [-0.1, -0.05) is 0 Å². The van der Waals surface area contributed by atoms with Crippen molar-refractivity contribution < 1.29 is 21.6 Å². The largest absolute Gasteiger partial charge is 0.492 e. The first-order valence-electron chi connectivity index (χ1n) is 7.98. The van der Waals surface area contributed by atoms with Crippen LogP contribution in [0.5, 0.6) is 5.75 Å². The van der Waals surface area contributed by atoms with Gasteiger partial charge >= 0.3 is 0 Å². The van der Waals surface area contributed by atoms with Crippen LogP contribution >= 0.6 is 0 Å². The number of benzene rings is 1. The Hall–Kier alpha value is -2.01. The van der Waals surface area contributed by atoms with E-state index in [0.717, 1.165) is 25.6 Å². The number of hydrogen-bond donors (Lipinski definition) is 1. The van der Waals surface area contributed by atoms with Gasteiger partial charge in [0.05, 0.1) is 24.7 Å². The summed E-state index contributed by atoms with van der Waals surface area (Å²) in [6.07, 6.45) is 1.66. The van der Waals surface area contributed by atoms with Crippen LogP contribution in [0.2, 0.25) is 0 Å². The van der Waals surface area contributed by atoms with Gasteiger partial charge in [0.1, 0.15) is 12.4 Å². The molecule has 0 fully saturated rings. The highest BCUT2D eigenvalue weighted by Gasteiger charge is 2.27. The van der Waals surface area contributed by atoms with Crippen LogP contribution in [0.15, 0.2) is 29.3 Å². The average molecular weight is 407 g/mol. The van der Waals surface area contributed by atoms with E-state index in [1.807, 2.05) is 18.7 Å². The molecule has 0 spiro atoms. The molecule has 0 radical (unpaired) electrons. The quantitative estimate of drug-likeness (QED) is 0.359. The molecule has 0 aliphatic heterocycles. The maximum atomic E-state index is 11.7. The molecule has 26 heavy (non-hydrogen) atoms. The Kier molecular flexibility index (Phi) is 7.69. The number of aliphatic imine (C=N–C) groups is 1. The highest BCUT2D eigenvalue weighted by atomic mass is 32.3. The highest BCUT2D eigenvalue weighted by Crippen LogP contribution is 2.23. The normalized spacial score (nSPS) is 12.7. The standard InChI is InChI=1S/C15H26N4O5S2/c1-5-18(6-2)15(16)17-11-12-24-14-9-7-13(8-10-14)19(25(3,20)21)26(4,22)23/h7-10H,5-6,11-12H2,1-4H3,(H2,16,17). The van der Waals surface area contributed by atoms with Gasteiger partial charge in [0.2, 0.25) is 20.0 Å². The first kappa shape index (κ1) is 22.0. The van der Waals surface area contributed by atoms with Crippen LogP contribution in [-0.4, -0.2) is 66.4 Å². The second kappa shape index (κ2) is 9.08. The van der Waals surface area contributed by atoms with Crippen LogP contribution < -0.4 is 14.2 Å². The Morgan fingerprint density at radius 2 is 1.54 bits per heavy atom. The Bertz CT molecular complexity index is 784. The molecule has 0 saturated heterocycles. The van der Waals surface area contributed by atoms with Crippen LogP contribution in [0, 0.1) is 0 Å². The molecule has 9 nitrogen and oxygen atoms in total. The van der Waals surface area contributed by atoms with E-state index in [4.69, 9.17) is 10.5 Å². The Morgan fingerprint density at radius 3 is 1.96 bits per heavy atom. The number of guanidine groups is 1. The van der Waals surface area contributed by atoms with Crippen LogP contribution in [0.4, 0.5) is 5.69 Å². The van der Waals surface area contributed by atoms with E-state index in [1.54, 1.807) is 0 Å². The Balaban J connectivity index is 2.75. The molecule has 11 heteroatoms. The summed E-state index contributed by atoms with van der Waals surface area (Å²) in [5, 5.41) is 0. The second-order valence-corrected chi connectivity index (χ2v) is 9.37. The fourth-order valence-electron chi connectivity index (χ4n) is 2.26. The van der Waals surface area contributed by atoms with Gasteiger partial charge in [0.15, 0.2) is 5.96 Å². The van der Waals surface area contributed by atoms with Crippen LogP contribution in [0.1, 0.15) is 13.8 Å². The number of rotatable bonds is 9. The summed E-state index contributed by atoms with van der Waals surface area (Å²) in [4.78, 5) is 6.14. The lowest BCUT2D eigenvalue weighted by Gasteiger charge is -2.20. The predicted octanol–water partition coefficient (Wildman–Crippen LogP) is 0.448. The Morgan fingerprint density at radius 1 is 1.04 bits per heavy atom. The first-order chi connectivity index (χ1) is 12.0. The zero-order valence-corrected chi connectivity index (χ0v) is 17.0. The minimum atomic E-state index is -3.96. The van der Waals surface area contributed by atoms with Crippen molar-refractivity contribution in [2.24, 2.45) is 10.7 Å². The van der Waals surface area contributed by atoms with Crippen LogP contribution in [-0.2, 0) is 20.0 Å². The van der Waals surface area contributed by atoms with Crippen molar-refractivity contribution >= 4 is 31.7 Å². The Labute approximate surface area is 155 Å². The number of sulfonamides is 2. The summed E-state index contributed by atoms with van der Waals surface area (Å²) in [7, 11) is -7.93. The number of anilines is 1. The van der Waals surface area contributed by atoms with Crippen molar-refractivity contribution in [1.82, 2.24) is 4.90 Å². The van der Waals surface area contributed by atoms with E-state index >= 15 is 0 Å². The van der Waals surface area contributed by atoms with Gasteiger partial charge in [-0.15, -0.1) is 0 Å². The summed E-state index contributed by atoms with van der Waals surface area (Å²) >= 11 is 0.